The van der Waals surface area contributed by atoms with Crippen molar-refractivity contribution in [1.29, 1.82) is 0 Å². The van der Waals surface area contributed by atoms with Crippen molar-refractivity contribution in [3.8, 4) is 0 Å². The number of nitrogens with zero attached hydrogens (tertiary/aromatic N) is 5. The molecule has 0 bridgehead atoms. The molecule has 0 atom stereocenters. The van der Waals surface area contributed by atoms with Crippen LogP contribution in [0.4, 0.5) is 5.95 Å². The Morgan fingerprint density at radius 1 is 1.00 bits per heavy atom. The first-order chi connectivity index (χ1) is 13.3. The van der Waals surface area contributed by atoms with Crippen molar-refractivity contribution in [3.05, 3.63) is 54.5 Å². The van der Waals surface area contributed by atoms with Crippen LogP contribution >= 0.6 is 0 Å². The summed E-state index contributed by atoms with van der Waals surface area (Å²) in [5.41, 5.74) is 1.80. The van der Waals surface area contributed by atoms with E-state index < -0.39 is 0 Å². The first-order valence-electron chi connectivity index (χ1n) is 9.41. The lowest BCUT2D eigenvalue weighted by Crippen LogP contribution is -2.64. The third kappa shape index (κ3) is 2.94. The predicted octanol–water partition coefficient (Wildman–Crippen LogP) is 1.60. The predicted molar refractivity (Wildman–Crippen MR) is 104 cm³/mol. The van der Waals surface area contributed by atoms with Crippen LogP contribution < -0.4 is 4.90 Å². The molecule has 7 nitrogen and oxygen atoms in total. The molecule has 5 rings (SSSR count). The number of amides is 1. The van der Waals surface area contributed by atoms with Gasteiger partial charge < -0.3 is 14.8 Å². The highest BCUT2D eigenvalue weighted by atomic mass is 16.2. The van der Waals surface area contributed by atoms with Crippen LogP contribution in [0.1, 0.15) is 10.4 Å². The van der Waals surface area contributed by atoms with Crippen LogP contribution in [-0.4, -0.2) is 76.0 Å². The maximum Gasteiger partial charge on any atom is 0.254 e. The molecule has 4 heterocycles. The van der Waals surface area contributed by atoms with E-state index >= 15 is 0 Å². The van der Waals surface area contributed by atoms with Crippen molar-refractivity contribution < 1.29 is 4.79 Å². The summed E-state index contributed by atoms with van der Waals surface area (Å²) in [6.07, 6.45) is 5.46. The zero-order valence-corrected chi connectivity index (χ0v) is 15.1. The monoisotopic (exact) mass is 362 g/mol. The largest absolute Gasteiger partial charge is 0.361 e. The molecule has 1 amide bonds. The van der Waals surface area contributed by atoms with Gasteiger partial charge in [0.05, 0.1) is 0 Å². The molecule has 138 valence electrons. The van der Waals surface area contributed by atoms with Crippen LogP contribution in [0.5, 0.6) is 0 Å². The summed E-state index contributed by atoms with van der Waals surface area (Å²) in [5, 5.41) is 1.00. The summed E-state index contributed by atoms with van der Waals surface area (Å²) in [5.74, 6) is 0.940. The number of rotatable bonds is 3. The lowest BCUT2D eigenvalue weighted by atomic mass is 10.0. The van der Waals surface area contributed by atoms with Crippen molar-refractivity contribution in [3.63, 3.8) is 0 Å². The van der Waals surface area contributed by atoms with E-state index in [0.717, 1.165) is 61.7 Å². The molecule has 7 heteroatoms. The summed E-state index contributed by atoms with van der Waals surface area (Å²) >= 11 is 0. The topological polar surface area (TPSA) is 68.4 Å². The molecule has 1 aromatic carbocycles. The Kier molecular flexibility index (Phi) is 4.01. The lowest BCUT2D eigenvalue weighted by Gasteiger charge is -2.48. The zero-order chi connectivity index (χ0) is 18.2. The molecule has 0 radical (unpaired) electrons. The van der Waals surface area contributed by atoms with Gasteiger partial charge in [-0.1, -0.05) is 6.07 Å². The van der Waals surface area contributed by atoms with Crippen molar-refractivity contribution in [2.45, 2.75) is 6.04 Å². The number of carbonyl (C=O) groups excluding carboxylic acids is 1. The van der Waals surface area contributed by atoms with Gasteiger partial charge in [0, 0.05) is 80.4 Å². The van der Waals surface area contributed by atoms with Gasteiger partial charge in [0.25, 0.3) is 5.91 Å². The standard InChI is InChI=1S/C20H22N6O/c27-19(17-3-1-4-18-16(17)5-8-21-18)26-13-15(14-26)24-9-11-25(12-10-24)20-22-6-2-7-23-20/h1-8,15,21H,9-14H2. The maximum atomic E-state index is 12.9. The van der Waals surface area contributed by atoms with E-state index in [4.69, 9.17) is 0 Å². The molecule has 3 aromatic rings. The second kappa shape index (κ2) is 6.66. The van der Waals surface area contributed by atoms with Crippen LogP contribution in [-0.2, 0) is 0 Å². The second-order valence-corrected chi connectivity index (χ2v) is 7.18. The van der Waals surface area contributed by atoms with Gasteiger partial charge in [-0.15, -0.1) is 0 Å². The molecule has 2 aliphatic rings. The van der Waals surface area contributed by atoms with Gasteiger partial charge in [-0.05, 0) is 24.3 Å². The van der Waals surface area contributed by atoms with Crippen LogP contribution in [0, 0.1) is 0 Å². The molecular weight excluding hydrogens is 340 g/mol. The Morgan fingerprint density at radius 3 is 2.56 bits per heavy atom. The Hall–Kier alpha value is -2.93. The number of H-pyrrole nitrogens is 1. The first kappa shape index (κ1) is 16.3. The van der Waals surface area contributed by atoms with Crippen LogP contribution in [0.3, 0.4) is 0 Å². The Balaban J connectivity index is 1.18. The van der Waals surface area contributed by atoms with Gasteiger partial charge in [-0.2, -0.15) is 0 Å². The highest BCUT2D eigenvalue weighted by molar-refractivity contribution is 6.06. The van der Waals surface area contributed by atoms with Crippen LogP contribution in [0.15, 0.2) is 48.9 Å². The third-order valence-electron chi connectivity index (χ3n) is 5.64. The molecule has 2 fully saturated rings. The lowest BCUT2D eigenvalue weighted by molar-refractivity contribution is 0.0247. The number of hydrogen-bond acceptors (Lipinski definition) is 5. The van der Waals surface area contributed by atoms with Crippen molar-refractivity contribution in [1.82, 2.24) is 24.8 Å². The maximum absolute atomic E-state index is 12.9. The van der Waals surface area contributed by atoms with Crippen LogP contribution in [0.25, 0.3) is 10.9 Å². The van der Waals surface area contributed by atoms with E-state index in [1.165, 1.54) is 0 Å². The average molecular weight is 362 g/mol. The Morgan fingerprint density at radius 2 is 1.78 bits per heavy atom. The smallest absolute Gasteiger partial charge is 0.254 e. The molecule has 0 aliphatic carbocycles. The normalized spacial score (nSPS) is 18.7. The Bertz CT molecular complexity index is 941. The summed E-state index contributed by atoms with van der Waals surface area (Å²) in [6.45, 7) is 5.44. The first-order valence-corrected chi connectivity index (χ1v) is 9.41. The van der Waals surface area contributed by atoms with Crippen molar-refractivity contribution >= 4 is 22.8 Å². The molecule has 2 saturated heterocycles. The number of piperazine rings is 1. The minimum atomic E-state index is 0.132. The van der Waals surface area contributed by atoms with Crippen molar-refractivity contribution in [2.75, 3.05) is 44.2 Å². The number of benzene rings is 1. The van der Waals surface area contributed by atoms with Gasteiger partial charge in [0.15, 0.2) is 0 Å². The average Bonchev–Trinajstić information content (AvgIpc) is 3.17. The number of fused-ring (bicyclic) bond motifs is 1. The molecule has 2 aromatic heterocycles. The highest BCUT2D eigenvalue weighted by Gasteiger charge is 2.37. The van der Waals surface area contributed by atoms with E-state index in [-0.39, 0.29) is 5.91 Å². The molecule has 2 aliphatic heterocycles. The quantitative estimate of drug-likeness (QED) is 0.767. The third-order valence-corrected chi connectivity index (χ3v) is 5.64. The number of likely N-dealkylation sites (tertiary alicyclic amines) is 1. The summed E-state index contributed by atoms with van der Waals surface area (Å²) < 4.78 is 0. The fourth-order valence-corrected chi connectivity index (χ4v) is 4.04. The summed E-state index contributed by atoms with van der Waals surface area (Å²) in [6, 6.07) is 10.1. The van der Waals surface area contributed by atoms with E-state index in [0.29, 0.717) is 6.04 Å². The number of aromatic nitrogens is 3. The molecular formula is C20H22N6O. The number of aromatic amines is 1. The summed E-state index contributed by atoms with van der Waals surface area (Å²) in [4.78, 5) is 31.4. The summed E-state index contributed by atoms with van der Waals surface area (Å²) in [7, 11) is 0. The SMILES string of the molecule is O=C(c1cccc2[nH]ccc12)N1CC(N2CCN(c3ncccn3)CC2)C1. The fraction of sp³-hybridized carbons (Fsp3) is 0.350. The highest BCUT2D eigenvalue weighted by Crippen LogP contribution is 2.24. The number of hydrogen-bond donors (Lipinski definition) is 1. The van der Waals surface area contributed by atoms with E-state index in [2.05, 4.69) is 24.8 Å². The fourth-order valence-electron chi connectivity index (χ4n) is 4.04. The van der Waals surface area contributed by atoms with Gasteiger partial charge >= 0.3 is 0 Å². The van der Waals surface area contributed by atoms with Crippen molar-refractivity contribution in [2.24, 2.45) is 0 Å². The number of nitrogens with one attached hydrogen (secondary N) is 1. The molecule has 0 saturated carbocycles. The minimum absolute atomic E-state index is 0.132. The number of anilines is 1. The molecule has 0 unspecified atom stereocenters. The van der Waals surface area contributed by atoms with Gasteiger partial charge in [0.1, 0.15) is 0 Å². The van der Waals surface area contributed by atoms with E-state index in [1.54, 1.807) is 12.4 Å². The van der Waals surface area contributed by atoms with E-state index in [1.807, 2.05) is 41.4 Å². The van der Waals surface area contributed by atoms with Gasteiger partial charge in [0.2, 0.25) is 5.95 Å². The Labute approximate surface area is 157 Å². The molecule has 27 heavy (non-hydrogen) atoms. The molecule has 1 N–H and O–H groups in total. The van der Waals surface area contributed by atoms with E-state index in [9.17, 15) is 4.79 Å². The van der Waals surface area contributed by atoms with Gasteiger partial charge in [-0.25, -0.2) is 9.97 Å². The zero-order valence-electron chi connectivity index (χ0n) is 15.1. The second-order valence-electron chi connectivity index (χ2n) is 7.18. The minimum Gasteiger partial charge on any atom is -0.361 e. The number of carbonyl (C=O) groups is 1. The van der Waals surface area contributed by atoms with Gasteiger partial charge in [-0.3, -0.25) is 9.69 Å². The van der Waals surface area contributed by atoms with Crippen LogP contribution in [0.2, 0.25) is 0 Å². The molecule has 0 spiro atoms.